The Labute approximate surface area is 232 Å². The summed E-state index contributed by atoms with van der Waals surface area (Å²) in [7, 11) is 0. The second-order valence-electron chi connectivity index (χ2n) is 8.48. The van der Waals surface area contributed by atoms with Gasteiger partial charge in [-0.1, -0.05) is 91.9 Å². The average Bonchev–Trinajstić information content (AvgIpc) is 3.41. The number of hydrogen-bond acceptors (Lipinski definition) is 4. The molecule has 3 rings (SSSR count). The highest BCUT2D eigenvalue weighted by Crippen LogP contribution is 2.51. The van der Waals surface area contributed by atoms with Gasteiger partial charge in [0.05, 0.1) is 30.2 Å². The lowest BCUT2D eigenvalue weighted by atomic mass is 10.1. The van der Waals surface area contributed by atoms with Gasteiger partial charge in [-0.3, -0.25) is 0 Å². The van der Waals surface area contributed by atoms with E-state index in [1.807, 2.05) is 13.8 Å². The Morgan fingerprint density at radius 3 is 1.32 bits per heavy atom. The lowest BCUT2D eigenvalue weighted by Crippen LogP contribution is -2.00. The molecular weight excluding hydrogens is 592 g/mol. The molecule has 0 aliphatic heterocycles. The molecule has 2 aromatic heterocycles. The molecule has 0 N–H and O–H groups in total. The molecule has 2 heterocycles. The Balaban J connectivity index is 0.00000199. The lowest BCUT2D eigenvalue weighted by molar-refractivity contribution is 0.307. The van der Waals surface area contributed by atoms with Crippen molar-refractivity contribution in [2.45, 2.75) is 105 Å². The predicted octanol–water partition coefficient (Wildman–Crippen LogP) is 12.1. The molecule has 0 amide bonds. The smallest absolute Gasteiger partial charge is 0.146 e. The molecule has 2 nitrogen and oxygen atoms in total. The van der Waals surface area contributed by atoms with Crippen LogP contribution in [0.4, 0.5) is 0 Å². The van der Waals surface area contributed by atoms with E-state index in [-0.39, 0.29) is 0 Å². The summed E-state index contributed by atoms with van der Waals surface area (Å²) in [6.07, 6.45) is 15.3. The Kier molecular flexibility index (Phi) is 15.1. The fourth-order valence-electron chi connectivity index (χ4n) is 4.04. The average molecular weight is 635 g/mol. The zero-order valence-electron chi connectivity index (χ0n) is 21.4. The molecule has 6 heteroatoms. The van der Waals surface area contributed by atoms with Crippen LogP contribution in [0.3, 0.4) is 0 Å². The Morgan fingerprint density at radius 1 is 0.588 bits per heavy atom. The van der Waals surface area contributed by atoms with Crippen LogP contribution >= 0.6 is 54.5 Å². The van der Waals surface area contributed by atoms with Crippen molar-refractivity contribution in [2.24, 2.45) is 0 Å². The number of hydrogen-bond donors (Lipinski definition) is 0. The third kappa shape index (κ3) is 8.97. The van der Waals surface area contributed by atoms with Gasteiger partial charge in [0, 0.05) is 10.8 Å². The third-order valence-corrected chi connectivity index (χ3v) is 9.07. The van der Waals surface area contributed by atoms with Crippen LogP contribution in [0.2, 0.25) is 0 Å². The van der Waals surface area contributed by atoms with Gasteiger partial charge < -0.3 is 9.47 Å². The molecule has 0 fully saturated rings. The highest BCUT2D eigenvalue weighted by atomic mass is 79.9. The summed E-state index contributed by atoms with van der Waals surface area (Å²) in [5, 5.41) is 2.35. The van der Waals surface area contributed by atoms with Crippen LogP contribution in [-0.4, -0.2) is 13.2 Å². The minimum atomic E-state index is 0.775. The van der Waals surface area contributed by atoms with Crippen molar-refractivity contribution in [3.63, 3.8) is 0 Å². The number of ether oxygens (including phenoxy) is 2. The molecule has 34 heavy (non-hydrogen) atoms. The van der Waals surface area contributed by atoms with Crippen LogP contribution in [0.25, 0.3) is 20.2 Å². The molecule has 0 atom stereocenters. The summed E-state index contributed by atoms with van der Waals surface area (Å²) < 4.78 is 17.5. The molecule has 0 aliphatic carbocycles. The molecule has 0 saturated carbocycles. The summed E-state index contributed by atoms with van der Waals surface area (Å²) in [6.45, 7) is 10.1. The molecule has 3 aromatic rings. The van der Waals surface area contributed by atoms with Gasteiger partial charge in [-0.05, 0) is 56.8 Å². The van der Waals surface area contributed by atoms with Gasteiger partial charge in [-0.25, -0.2) is 0 Å². The van der Waals surface area contributed by atoms with Gasteiger partial charge in [0.25, 0.3) is 0 Å². The summed E-state index contributed by atoms with van der Waals surface area (Å²) in [4.78, 5) is 0. The maximum absolute atomic E-state index is 6.42. The number of fused-ring (bicyclic) bond motifs is 2. The highest BCUT2D eigenvalue weighted by Gasteiger charge is 2.21. The van der Waals surface area contributed by atoms with Gasteiger partial charge in [-0.15, -0.1) is 22.7 Å². The Bertz CT molecular complexity index is 834. The Morgan fingerprint density at radius 2 is 0.941 bits per heavy atom. The maximum Gasteiger partial charge on any atom is 0.146 e. The van der Waals surface area contributed by atoms with E-state index in [1.165, 1.54) is 84.4 Å². The standard InChI is InChI=1S/C26H36Br2O2S2.C2H6/c1-3-5-7-9-11-13-15-29-23-19-17-21(27)32-26(19)24(20-18-22(28)31-25(20)23)30-16-14-12-10-8-6-4-2;1-2/h17-18H,3-16H2,1-2H3;1-2H3. The van der Waals surface area contributed by atoms with E-state index in [0.717, 1.165) is 45.1 Å². The minimum Gasteiger partial charge on any atom is -0.491 e. The van der Waals surface area contributed by atoms with Crippen LogP contribution in [0.15, 0.2) is 19.7 Å². The van der Waals surface area contributed by atoms with E-state index in [2.05, 4.69) is 57.8 Å². The monoisotopic (exact) mass is 632 g/mol. The van der Waals surface area contributed by atoms with E-state index < -0.39 is 0 Å². The zero-order valence-corrected chi connectivity index (χ0v) is 26.2. The van der Waals surface area contributed by atoms with E-state index in [0.29, 0.717) is 0 Å². The molecule has 1 aromatic carbocycles. The van der Waals surface area contributed by atoms with Gasteiger partial charge in [0.2, 0.25) is 0 Å². The molecular formula is C28H42Br2O2S2. The molecule has 0 spiro atoms. The van der Waals surface area contributed by atoms with Crippen LogP contribution in [0.1, 0.15) is 105 Å². The topological polar surface area (TPSA) is 18.5 Å². The maximum atomic E-state index is 6.42. The first-order valence-electron chi connectivity index (χ1n) is 13.2. The quantitative estimate of drug-likeness (QED) is 0.146. The van der Waals surface area contributed by atoms with E-state index in [4.69, 9.17) is 9.47 Å². The predicted molar refractivity (Wildman–Crippen MR) is 162 cm³/mol. The van der Waals surface area contributed by atoms with Gasteiger partial charge in [0.1, 0.15) is 11.5 Å². The number of benzene rings is 1. The number of rotatable bonds is 16. The van der Waals surface area contributed by atoms with Crippen molar-refractivity contribution >= 4 is 74.7 Å². The van der Waals surface area contributed by atoms with E-state index >= 15 is 0 Å². The van der Waals surface area contributed by atoms with Crippen molar-refractivity contribution in [2.75, 3.05) is 13.2 Å². The number of halogens is 2. The minimum absolute atomic E-state index is 0.775. The van der Waals surface area contributed by atoms with Gasteiger partial charge >= 0.3 is 0 Å². The van der Waals surface area contributed by atoms with E-state index in [9.17, 15) is 0 Å². The summed E-state index contributed by atoms with van der Waals surface area (Å²) in [5.74, 6) is 2.04. The number of unbranched alkanes of at least 4 members (excludes halogenated alkanes) is 10. The first kappa shape index (κ1) is 29.9. The molecule has 0 radical (unpaired) electrons. The number of thiophene rings is 2. The first-order chi connectivity index (χ1) is 16.7. The molecule has 192 valence electrons. The first-order valence-corrected chi connectivity index (χ1v) is 16.5. The lowest BCUT2D eigenvalue weighted by Gasteiger charge is -2.14. The summed E-state index contributed by atoms with van der Waals surface area (Å²) in [6, 6.07) is 4.39. The normalized spacial score (nSPS) is 11.1. The van der Waals surface area contributed by atoms with Crippen LogP contribution < -0.4 is 9.47 Å². The summed E-state index contributed by atoms with van der Waals surface area (Å²) in [5.41, 5.74) is 0. The largest absolute Gasteiger partial charge is 0.491 e. The SMILES string of the molecule is CC.CCCCCCCCOc1c2cc(Br)sc2c(OCCCCCCCC)c2cc(Br)sc12. The molecule has 0 aliphatic rings. The second kappa shape index (κ2) is 17.2. The second-order valence-corrected chi connectivity index (χ2v) is 13.3. The van der Waals surface area contributed by atoms with Crippen molar-refractivity contribution in [3.8, 4) is 11.5 Å². The van der Waals surface area contributed by atoms with Crippen molar-refractivity contribution in [1.82, 2.24) is 0 Å². The third-order valence-electron chi connectivity index (χ3n) is 5.79. The summed E-state index contributed by atoms with van der Waals surface area (Å²) >= 11 is 10.9. The molecule has 0 bridgehead atoms. The van der Waals surface area contributed by atoms with Crippen molar-refractivity contribution in [3.05, 3.63) is 19.7 Å². The van der Waals surface area contributed by atoms with Gasteiger partial charge in [-0.2, -0.15) is 0 Å². The van der Waals surface area contributed by atoms with Crippen molar-refractivity contribution < 1.29 is 9.47 Å². The van der Waals surface area contributed by atoms with Crippen molar-refractivity contribution in [1.29, 1.82) is 0 Å². The van der Waals surface area contributed by atoms with Crippen LogP contribution in [-0.2, 0) is 0 Å². The van der Waals surface area contributed by atoms with Crippen LogP contribution in [0, 0.1) is 0 Å². The Hall–Kier alpha value is -0.300. The van der Waals surface area contributed by atoms with E-state index in [1.54, 1.807) is 22.7 Å². The molecule has 0 saturated heterocycles. The zero-order chi connectivity index (χ0) is 24.8. The highest BCUT2D eigenvalue weighted by molar-refractivity contribution is 9.11. The van der Waals surface area contributed by atoms with Crippen LogP contribution in [0.5, 0.6) is 11.5 Å². The van der Waals surface area contributed by atoms with Gasteiger partial charge in [0.15, 0.2) is 0 Å². The fraction of sp³-hybridized carbons (Fsp3) is 0.643. The fourth-order valence-corrected chi connectivity index (χ4v) is 7.26. The molecule has 0 unspecified atom stereocenters.